The van der Waals surface area contributed by atoms with Gasteiger partial charge in [0.25, 0.3) is 0 Å². The smallest absolute Gasteiger partial charge is 0.322 e. The van der Waals surface area contributed by atoms with Crippen molar-refractivity contribution in [3.05, 3.63) is 0 Å². The molecule has 0 aromatic heterocycles. The van der Waals surface area contributed by atoms with E-state index in [4.69, 9.17) is 16.6 Å². The third kappa shape index (κ3) is 9.05. The molecule has 1 rings (SSSR count). The topological polar surface area (TPSA) is 221 Å². The second kappa shape index (κ2) is 12.6. The summed E-state index contributed by atoms with van der Waals surface area (Å²) >= 11 is 0. The van der Waals surface area contributed by atoms with E-state index in [0.29, 0.717) is 19.4 Å². The van der Waals surface area contributed by atoms with Crippen LogP contribution < -0.4 is 32.7 Å². The lowest BCUT2D eigenvalue weighted by molar-refractivity contribution is -0.139. The average Bonchev–Trinajstić information content (AvgIpc) is 3.20. The lowest BCUT2D eigenvalue weighted by Crippen LogP contribution is -2.58. The first-order valence-corrected chi connectivity index (χ1v) is 9.69. The monoisotopic (exact) mass is 429 g/mol. The summed E-state index contributed by atoms with van der Waals surface area (Å²) < 4.78 is 0. The van der Waals surface area contributed by atoms with Crippen molar-refractivity contribution in [1.82, 2.24) is 21.3 Å². The maximum absolute atomic E-state index is 12.7. The van der Waals surface area contributed by atoms with Gasteiger partial charge in [0, 0.05) is 6.54 Å². The molecule has 10 N–H and O–H groups in total. The first-order chi connectivity index (χ1) is 14.1. The van der Waals surface area contributed by atoms with Crippen molar-refractivity contribution in [3.8, 4) is 0 Å². The minimum absolute atomic E-state index is 0.0977. The number of rotatable bonds is 12. The Morgan fingerprint density at radius 3 is 2.43 bits per heavy atom. The molecule has 0 aromatic rings. The Hall–Kier alpha value is -2.93. The largest absolute Gasteiger partial charge is 0.480 e. The zero-order chi connectivity index (χ0) is 22.7. The van der Waals surface area contributed by atoms with Crippen LogP contribution in [0.5, 0.6) is 0 Å². The molecule has 0 aliphatic carbocycles. The molecule has 30 heavy (non-hydrogen) atoms. The van der Waals surface area contributed by atoms with Gasteiger partial charge in [0.05, 0.1) is 12.1 Å². The summed E-state index contributed by atoms with van der Waals surface area (Å²) in [6.07, 6.45) is 0.746. The third-order valence-corrected chi connectivity index (χ3v) is 4.43. The normalized spacial score (nSPS) is 18.5. The Morgan fingerprint density at radius 1 is 1.20 bits per heavy atom. The summed E-state index contributed by atoms with van der Waals surface area (Å²) in [7, 11) is 0. The van der Waals surface area contributed by atoms with Crippen molar-refractivity contribution in [2.45, 2.75) is 56.8 Å². The molecule has 1 fully saturated rings. The number of aliphatic hydroxyl groups excluding tert-OH is 1. The van der Waals surface area contributed by atoms with E-state index in [-0.39, 0.29) is 24.8 Å². The Labute approximate surface area is 174 Å². The maximum Gasteiger partial charge on any atom is 0.322 e. The Bertz CT molecular complexity index is 645. The molecular weight excluding hydrogens is 398 g/mol. The first-order valence-electron chi connectivity index (χ1n) is 9.69. The highest BCUT2D eigenvalue weighted by Crippen LogP contribution is 2.07. The fourth-order valence-corrected chi connectivity index (χ4v) is 2.88. The molecule has 0 saturated carbocycles. The number of nitrogens with two attached hydrogens (primary N) is 2. The van der Waals surface area contributed by atoms with Crippen LogP contribution in [0.4, 0.5) is 0 Å². The number of aliphatic carboxylic acids is 1. The number of aliphatic imine (C=N–C) groups is 1. The number of guanidine groups is 1. The highest BCUT2D eigenvalue weighted by atomic mass is 16.4. The Balaban J connectivity index is 2.80. The third-order valence-electron chi connectivity index (χ3n) is 4.43. The van der Waals surface area contributed by atoms with Crippen LogP contribution in [0.2, 0.25) is 0 Å². The predicted molar refractivity (Wildman–Crippen MR) is 107 cm³/mol. The zero-order valence-corrected chi connectivity index (χ0v) is 16.9. The summed E-state index contributed by atoms with van der Waals surface area (Å²) in [6, 6.07) is -2.80. The van der Waals surface area contributed by atoms with E-state index in [9.17, 15) is 24.3 Å². The molecule has 1 aliphatic heterocycles. The van der Waals surface area contributed by atoms with Crippen LogP contribution in [-0.4, -0.2) is 83.7 Å². The maximum atomic E-state index is 12.7. The number of nitrogens with one attached hydrogen (secondary N) is 4. The zero-order valence-electron chi connectivity index (χ0n) is 16.9. The Kier molecular flexibility index (Phi) is 10.5. The quantitative estimate of drug-likeness (QED) is 0.0868. The van der Waals surface area contributed by atoms with Gasteiger partial charge in [-0.25, -0.2) is 0 Å². The second-order valence-corrected chi connectivity index (χ2v) is 7.00. The van der Waals surface area contributed by atoms with Gasteiger partial charge in [-0.3, -0.25) is 24.2 Å². The summed E-state index contributed by atoms with van der Waals surface area (Å²) in [4.78, 5) is 51.7. The van der Waals surface area contributed by atoms with Gasteiger partial charge >= 0.3 is 5.97 Å². The van der Waals surface area contributed by atoms with Crippen LogP contribution in [0.15, 0.2) is 4.99 Å². The molecular formula is C17H31N7O6. The molecule has 3 amide bonds. The molecule has 0 spiro atoms. The summed E-state index contributed by atoms with van der Waals surface area (Å²) in [6.45, 7) is 1.56. The summed E-state index contributed by atoms with van der Waals surface area (Å²) in [5, 5.41) is 28.7. The van der Waals surface area contributed by atoms with E-state index < -0.39 is 48.6 Å². The fraction of sp³-hybridized carbons (Fsp3) is 0.706. The molecule has 170 valence electrons. The lowest BCUT2D eigenvalue weighted by atomic mass is 10.1. The number of carboxylic acid groups (broad SMARTS) is 1. The van der Waals surface area contributed by atoms with Crippen LogP contribution in [0.25, 0.3) is 0 Å². The molecule has 1 saturated heterocycles. The van der Waals surface area contributed by atoms with E-state index in [2.05, 4.69) is 26.3 Å². The van der Waals surface area contributed by atoms with Gasteiger partial charge in [0.1, 0.15) is 18.6 Å². The van der Waals surface area contributed by atoms with Crippen LogP contribution in [0, 0.1) is 0 Å². The van der Waals surface area contributed by atoms with Crippen molar-refractivity contribution in [1.29, 1.82) is 0 Å². The molecule has 1 heterocycles. The first kappa shape index (κ1) is 25.1. The minimum Gasteiger partial charge on any atom is -0.480 e. The number of aliphatic hydroxyl groups is 1. The van der Waals surface area contributed by atoms with Crippen LogP contribution in [-0.2, 0) is 19.2 Å². The number of nitrogens with zero attached hydrogens (tertiary/aromatic N) is 1. The molecule has 4 unspecified atom stereocenters. The lowest BCUT2D eigenvalue weighted by Gasteiger charge is -2.25. The molecule has 13 nitrogen and oxygen atoms in total. The van der Waals surface area contributed by atoms with Crippen molar-refractivity contribution >= 4 is 29.7 Å². The van der Waals surface area contributed by atoms with Gasteiger partial charge in [-0.05, 0) is 39.2 Å². The molecule has 0 radical (unpaired) electrons. The van der Waals surface area contributed by atoms with Gasteiger partial charge in [0.15, 0.2) is 5.96 Å². The second-order valence-electron chi connectivity index (χ2n) is 7.00. The van der Waals surface area contributed by atoms with Gasteiger partial charge in [-0.15, -0.1) is 0 Å². The fourth-order valence-electron chi connectivity index (χ4n) is 2.88. The molecule has 0 aromatic carbocycles. The number of carboxylic acids is 1. The predicted octanol–water partition coefficient (Wildman–Crippen LogP) is -3.66. The summed E-state index contributed by atoms with van der Waals surface area (Å²) in [5.74, 6) is -3.27. The molecule has 0 bridgehead atoms. The number of carbonyl (C=O) groups excluding carboxylic acids is 3. The highest BCUT2D eigenvalue weighted by Gasteiger charge is 2.31. The standard InChI is InChI=1S/C17H31N7O6/c1-9(25)13(16(30)22-8-12(26)27)24-15(29)11(5-3-7-21-17(18)19)23-14(28)10-4-2-6-20-10/h9-11,13,20,25H,2-8H2,1H3,(H,22,30)(H,23,28)(H,24,29)(H,26,27)(H4,18,19,21). The minimum atomic E-state index is -1.39. The van der Waals surface area contributed by atoms with E-state index in [1.807, 2.05) is 0 Å². The number of hydrogen-bond acceptors (Lipinski definition) is 7. The van der Waals surface area contributed by atoms with Gasteiger partial charge in [-0.2, -0.15) is 0 Å². The molecule has 13 heteroatoms. The van der Waals surface area contributed by atoms with E-state index in [1.165, 1.54) is 6.92 Å². The van der Waals surface area contributed by atoms with Crippen LogP contribution in [0.3, 0.4) is 0 Å². The highest BCUT2D eigenvalue weighted by molar-refractivity contribution is 5.94. The SMILES string of the molecule is CC(O)C(NC(=O)C(CCCN=C(N)N)NC(=O)C1CCCN1)C(=O)NCC(=O)O. The van der Waals surface area contributed by atoms with Crippen molar-refractivity contribution < 1.29 is 29.4 Å². The molecule has 1 aliphatic rings. The average molecular weight is 429 g/mol. The van der Waals surface area contributed by atoms with Gasteiger partial charge < -0.3 is 42.9 Å². The van der Waals surface area contributed by atoms with E-state index >= 15 is 0 Å². The summed E-state index contributed by atoms with van der Waals surface area (Å²) in [5.41, 5.74) is 10.5. The van der Waals surface area contributed by atoms with Crippen molar-refractivity contribution in [2.75, 3.05) is 19.6 Å². The number of carbonyl (C=O) groups is 4. The van der Waals surface area contributed by atoms with Crippen LogP contribution in [0.1, 0.15) is 32.6 Å². The van der Waals surface area contributed by atoms with Gasteiger partial charge in [-0.1, -0.05) is 0 Å². The number of amides is 3. The van der Waals surface area contributed by atoms with E-state index in [0.717, 1.165) is 6.42 Å². The Morgan fingerprint density at radius 2 is 1.90 bits per heavy atom. The number of hydrogen-bond donors (Lipinski definition) is 8. The molecule has 4 atom stereocenters. The van der Waals surface area contributed by atoms with Gasteiger partial charge in [0.2, 0.25) is 17.7 Å². The van der Waals surface area contributed by atoms with Crippen LogP contribution >= 0.6 is 0 Å². The van der Waals surface area contributed by atoms with Crippen molar-refractivity contribution in [2.24, 2.45) is 16.5 Å². The van der Waals surface area contributed by atoms with E-state index in [1.54, 1.807) is 0 Å². The van der Waals surface area contributed by atoms with Crippen molar-refractivity contribution in [3.63, 3.8) is 0 Å².